The van der Waals surface area contributed by atoms with E-state index in [1.165, 1.54) is 13.0 Å². The second-order valence-corrected chi connectivity index (χ2v) is 10.3. The van der Waals surface area contributed by atoms with Crippen LogP contribution in [0.15, 0.2) is 24.3 Å². The molecule has 0 amide bonds. The quantitative estimate of drug-likeness (QED) is 0.330. The number of rotatable bonds is 3. The number of ether oxygens (including phenoxy) is 2. The Morgan fingerprint density at radius 3 is 2.72 bits per heavy atom. The van der Waals surface area contributed by atoms with Crippen LogP contribution in [0.25, 0.3) is 6.08 Å². The van der Waals surface area contributed by atoms with Crippen molar-refractivity contribution in [3.63, 3.8) is 0 Å². The Hall–Kier alpha value is -2.60. The summed E-state index contributed by atoms with van der Waals surface area (Å²) in [6, 6.07) is 1.99. The van der Waals surface area contributed by atoms with E-state index in [0.29, 0.717) is 12.0 Å². The van der Waals surface area contributed by atoms with Gasteiger partial charge in [0.15, 0.2) is 11.5 Å². The normalized spacial score (nSPS) is 27.0. The average molecular weight is 440 g/mol. The summed E-state index contributed by atoms with van der Waals surface area (Å²) in [6.07, 6.45) is 11.3. The van der Waals surface area contributed by atoms with Gasteiger partial charge in [-0.3, -0.25) is 4.79 Å². The third-order valence-corrected chi connectivity index (χ3v) is 7.01. The first-order valence-corrected chi connectivity index (χ1v) is 11.4. The summed E-state index contributed by atoms with van der Waals surface area (Å²) >= 11 is 0. The molecule has 0 radical (unpaired) electrons. The van der Waals surface area contributed by atoms with Crippen LogP contribution in [0.4, 0.5) is 0 Å². The van der Waals surface area contributed by atoms with E-state index in [0.717, 1.165) is 48.9 Å². The summed E-state index contributed by atoms with van der Waals surface area (Å²) in [6.45, 7) is 7.76. The van der Waals surface area contributed by atoms with Crippen molar-refractivity contribution < 1.29 is 24.2 Å². The molecule has 1 aromatic rings. The largest absolute Gasteiger partial charge is 0.504 e. The predicted molar refractivity (Wildman–Crippen MR) is 123 cm³/mol. The molecule has 1 fully saturated rings. The van der Waals surface area contributed by atoms with E-state index in [1.807, 2.05) is 20.8 Å². The van der Waals surface area contributed by atoms with Gasteiger partial charge in [-0.15, -0.1) is 0 Å². The summed E-state index contributed by atoms with van der Waals surface area (Å²) in [5, 5.41) is 11.3. The summed E-state index contributed by atoms with van der Waals surface area (Å²) < 4.78 is 10.8. The Balaban J connectivity index is 1.87. The first-order chi connectivity index (χ1) is 15.0. The average Bonchev–Trinajstić information content (AvgIpc) is 2.69. The maximum atomic E-state index is 12.3. The van der Waals surface area contributed by atoms with Crippen LogP contribution in [-0.2, 0) is 26.2 Å². The van der Waals surface area contributed by atoms with Crippen molar-refractivity contribution in [2.75, 3.05) is 13.6 Å². The minimum Gasteiger partial charge on any atom is -0.504 e. The number of allylic oxidation sites excluding steroid dienone is 1. The van der Waals surface area contributed by atoms with Crippen molar-refractivity contribution in [2.45, 2.75) is 70.4 Å². The number of hydrogen-bond acceptors (Lipinski definition) is 6. The maximum Gasteiger partial charge on any atom is 0.331 e. The van der Waals surface area contributed by atoms with Crippen LogP contribution < -0.4 is 4.74 Å². The van der Waals surface area contributed by atoms with E-state index in [2.05, 4.69) is 24.1 Å². The molecule has 0 aromatic heterocycles. The van der Waals surface area contributed by atoms with Crippen LogP contribution in [0.5, 0.6) is 11.5 Å². The zero-order valence-electron chi connectivity index (χ0n) is 19.6. The van der Waals surface area contributed by atoms with E-state index >= 15 is 0 Å². The number of fused-ring (bicyclic) bond motifs is 1. The van der Waals surface area contributed by atoms with E-state index in [4.69, 9.17) is 9.47 Å². The van der Waals surface area contributed by atoms with Crippen molar-refractivity contribution >= 4 is 18.0 Å². The molecule has 2 bridgehead atoms. The van der Waals surface area contributed by atoms with Gasteiger partial charge < -0.3 is 19.5 Å². The number of carbonyl (C=O) groups is 2. The van der Waals surface area contributed by atoms with Crippen LogP contribution in [-0.4, -0.2) is 47.2 Å². The molecular formula is C26H33NO5. The third kappa shape index (κ3) is 3.96. The van der Waals surface area contributed by atoms with Crippen LogP contribution in [0, 0.1) is 5.92 Å². The smallest absolute Gasteiger partial charge is 0.331 e. The molecule has 0 spiro atoms. The summed E-state index contributed by atoms with van der Waals surface area (Å²) in [5.41, 5.74) is 1.92. The van der Waals surface area contributed by atoms with Gasteiger partial charge in [-0.1, -0.05) is 12.2 Å². The number of likely N-dealkylation sites (N-methyl/N-ethyl adjacent to an activating group) is 1. The molecule has 32 heavy (non-hydrogen) atoms. The fraction of sp³-hybridized carbons (Fsp3) is 0.538. The second kappa shape index (κ2) is 8.07. The first-order valence-electron chi connectivity index (χ1n) is 11.4. The van der Waals surface area contributed by atoms with E-state index in [1.54, 1.807) is 12.1 Å². The Morgan fingerprint density at radius 1 is 1.28 bits per heavy atom. The molecule has 1 N–H and O–H groups in total. The Labute approximate surface area is 189 Å². The third-order valence-electron chi connectivity index (χ3n) is 7.01. The van der Waals surface area contributed by atoms with E-state index < -0.39 is 17.5 Å². The van der Waals surface area contributed by atoms with Gasteiger partial charge in [0.25, 0.3) is 0 Å². The van der Waals surface area contributed by atoms with Crippen molar-refractivity contribution in [1.82, 2.24) is 4.90 Å². The molecule has 1 aromatic carbocycles. The van der Waals surface area contributed by atoms with Crippen molar-refractivity contribution in [3.8, 4) is 11.5 Å². The van der Waals surface area contributed by atoms with Crippen LogP contribution >= 0.6 is 0 Å². The number of esters is 2. The molecule has 3 atom stereocenters. The Kier molecular flexibility index (Phi) is 5.70. The molecule has 6 heteroatoms. The zero-order chi connectivity index (χ0) is 23.3. The number of carbonyl (C=O) groups excluding carboxylic acids is 2. The van der Waals surface area contributed by atoms with Gasteiger partial charge in [0, 0.05) is 35.9 Å². The number of aromatic hydroxyl groups is 1. The Morgan fingerprint density at radius 2 is 2.03 bits per heavy atom. The van der Waals surface area contributed by atoms with Gasteiger partial charge in [0.2, 0.25) is 0 Å². The molecule has 172 valence electrons. The fourth-order valence-electron chi connectivity index (χ4n) is 5.79. The predicted octanol–water partition coefficient (Wildman–Crippen LogP) is 4.14. The summed E-state index contributed by atoms with van der Waals surface area (Å²) in [5.74, 6) is -0.410. The minimum atomic E-state index is -0.584. The lowest BCUT2D eigenvalue weighted by atomic mass is 9.53. The molecule has 1 heterocycles. The van der Waals surface area contributed by atoms with Crippen LogP contribution in [0.2, 0.25) is 0 Å². The maximum absolute atomic E-state index is 12.3. The molecule has 4 rings (SSSR count). The SMILES string of the molecule is CC(=O)Oc1cc(/C=C/C(=O)OC(C)(C)C)c2c(c1O)C13CCC=CC1C(C2)N(C)CC3. The number of phenolic OH excluding ortho intramolecular Hbond substituents is 1. The number of benzene rings is 1. The van der Waals surface area contributed by atoms with Gasteiger partial charge in [0.1, 0.15) is 5.60 Å². The highest BCUT2D eigenvalue weighted by Crippen LogP contribution is 2.58. The van der Waals surface area contributed by atoms with Crippen LogP contribution in [0.3, 0.4) is 0 Å². The van der Waals surface area contributed by atoms with Crippen molar-refractivity contribution in [3.05, 3.63) is 41.0 Å². The van der Waals surface area contributed by atoms with Gasteiger partial charge in [-0.25, -0.2) is 4.79 Å². The molecule has 0 saturated carbocycles. The number of piperidine rings is 1. The summed E-state index contributed by atoms with van der Waals surface area (Å²) in [7, 11) is 2.16. The number of phenols is 1. The number of likely N-dealkylation sites (tertiary alicyclic amines) is 1. The second-order valence-electron chi connectivity index (χ2n) is 10.3. The monoisotopic (exact) mass is 439 g/mol. The van der Waals surface area contributed by atoms with E-state index in [-0.39, 0.29) is 16.9 Å². The molecule has 2 aliphatic carbocycles. The molecule has 1 aliphatic heterocycles. The highest BCUT2D eigenvalue weighted by molar-refractivity contribution is 5.88. The molecule has 6 nitrogen and oxygen atoms in total. The number of nitrogens with zero attached hydrogens (tertiary/aromatic N) is 1. The topological polar surface area (TPSA) is 76.1 Å². The lowest BCUT2D eigenvalue weighted by molar-refractivity contribution is -0.148. The van der Waals surface area contributed by atoms with Crippen molar-refractivity contribution in [1.29, 1.82) is 0 Å². The molecule has 3 aliphatic rings. The van der Waals surface area contributed by atoms with Gasteiger partial charge in [-0.2, -0.15) is 0 Å². The first kappa shape index (κ1) is 22.6. The van der Waals surface area contributed by atoms with Gasteiger partial charge in [0.05, 0.1) is 0 Å². The Bertz CT molecular complexity index is 1000. The highest BCUT2D eigenvalue weighted by atomic mass is 16.6. The molecule has 1 saturated heterocycles. The van der Waals surface area contributed by atoms with E-state index in [9.17, 15) is 14.7 Å². The van der Waals surface area contributed by atoms with Gasteiger partial charge >= 0.3 is 11.9 Å². The van der Waals surface area contributed by atoms with Crippen molar-refractivity contribution in [2.24, 2.45) is 5.92 Å². The minimum absolute atomic E-state index is 0.0629. The highest BCUT2D eigenvalue weighted by Gasteiger charge is 2.54. The molecule has 3 unspecified atom stereocenters. The molecular weight excluding hydrogens is 406 g/mol. The zero-order valence-corrected chi connectivity index (χ0v) is 19.6. The lowest BCUT2D eigenvalue weighted by Gasteiger charge is -2.57. The number of hydrogen-bond donors (Lipinski definition) is 1. The summed E-state index contributed by atoms with van der Waals surface area (Å²) in [4.78, 5) is 26.5. The van der Waals surface area contributed by atoms with Crippen LogP contribution in [0.1, 0.15) is 63.6 Å². The lowest BCUT2D eigenvalue weighted by Crippen LogP contribution is -2.59. The fourth-order valence-corrected chi connectivity index (χ4v) is 5.79. The van der Waals surface area contributed by atoms with Gasteiger partial charge in [-0.05, 0) is 83.3 Å². The standard InChI is InChI=1S/C26H33NO5/c1-16(28)31-21-14-17(9-10-22(29)32-25(2,3)4)18-15-20-19-8-6-7-11-26(19,12-13-27(20)5)23(18)24(21)30/h6,8-10,14,19-20,30H,7,11-13,15H2,1-5H3/b10-9+.